The average Bonchev–Trinajstić information content (AvgIpc) is 3.07. The van der Waals surface area contributed by atoms with E-state index in [1.54, 1.807) is 18.2 Å². The van der Waals surface area contributed by atoms with Crippen molar-refractivity contribution in [1.29, 1.82) is 0 Å². The van der Waals surface area contributed by atoms with E-state index in [4.69, 9.17) is 0 Å². The first-order valence-corrected chi connectivity index (χ1v) is 9.91. The minimum atomic E-state index is -4.88. The molecule has 0 bridgehead atoms. The van der Waals surface area contributed by atoms with Crippen molar-refractivity contribution in [2.75, 3.05) is 6.54 Å². The van der Waals surface area contributed by atoms with Gasteiger partial charge in [-0.25, -0.2) is 5.06 Å². The lowest BCUT2D eigenvalue weighted by Crippen LogP contribution is -2.36. The molecule has 1 aliphatic heterocycles. The van der Waals surface area contributed by atoms with Crippen LogP contribution >= 0.6 is 0 Å². The van der Waals surface area contributed by atoms with Gasteiger partial charge in [0.2, 0.25) is 5.91 Å². The van der Waals surface area contributed by atoms with E-state index in [9.17, 15) is 28.0 Å². The lowest BCUT2D eigenvalue weighted by atomic mass is 9.70. The molecule has 2 N–H and O–H groups in total. The molecule has 0 radical (unpaired) electrons. The molecular weight excluding hydrogens is 413 g/mol. The van der Waals surface area contributed by atoms with Crippen molar-refractivity contribution in [2.45, 2.75) is 38.6 Å². The smallest absolute Gasteiger partial charge is 0.405 e. The van der Waals surface area contributed by atoms with Crippen molar-refractivity contribution in [3.63, 3.8) is 0 Å². The number of nitrogens with one attached hydrogen (secondary N) is 1. The van der Waals surface area contributed by atoms with Gasteiger partial charge >= 0.3 is 6.36 Å². The zero-order chi connectivity index (χ0) is 22.2. The number of benzene rings is 2. The molecule has 0 saturated carbocycles. The molecule has 1 spiro atoms. The van der Waals surface area contributed by atoms with E-state index in [1.165, 1.54) is 18.2 Å². The molecule has 2 aromatic carbocycles. The number of carbonyl (C=O) groups excluding carboxylic acids is 2. The average molecular weight is 434 g/mol. The SMILES string of the molecule is O=C(c1ccc2c(c1)CC[C@]1(CCNC1=O)C2)N(O)Cc1ccccc1OC(F)(F)F. The maximum atomic E-state index is 12.7. The van der Waals surface area contributed by atoms with E-state index in [2.05, 4.69) is 10.1 Å². The summed E-state index contributed by atoms with van der Waals surface area (Å²) in [4.78, 5) is 24.9. The van der Waals surface area contributed by atoms with E-state index < -0.39 is 24.6 Å². The molecule has 1 saturated heterocycles. The van der Waals surface area contributed by atoms with Gasteiger partial charge in [0, 0.05) is 17.7 Å². The maximum Gasteiger partial charge on any atom is 0.573 e. The van der Waals surface area contributed by atoms with Gasteiger partial charge in [0.1, 0.15) is 5.75 Å². The van der Waals surface area contributed by atoms with Crippen molar-refractivity contribution < 1.29 is 32.7 Å². The third-order valence-electron chi connectivity index (χ3n) is 5.98. The molecule has 9 heteroatoms. The topological polar surface area (TPSA) is 78.9 Å². The first-order chi connectivity index (χ1) is 14.7. The summed E-state index contributed by atoms with van der Waals surface area (Å²) in [5, 5.41) is 13.5. The number of halogens is 3. The molecule has 6 nitrogen and oxygen atoms in total. The summed E-state index contributed by atoms with van der Waals surface area (Å²) in [7, 11) is 0. The van der Waals surface area contributed by atoms with Gasteiger partial charge in [-0.1, -0.05) is 24.3 Å². The number of rotatable bonds is 4. The van der Waals surface area contributed by atoms with Crippen LogP contribution in [0.1, 0.15) is 39.9 Å². The van der Waals surface area contributed by atoms with Crippen LogP contribution < -0.4 is 10.1 Å². The number of alkyl halides is 3. The number of aryl methyl sites for hydroxylation is 1. The molecule has 31 heavy (non-hydrogen) atoms. The largest absolute Gasteiger partial charge is 0.573 e. The number of ether oxygens (including phenoxy) is 1. The van der Waals surface area contributed by atoms with Gasteiger partial charge in [-0.05, 0) is 55.0 Å². The zero-order valence-electron chi connectivity index (χ0n) is 16.5. The van der Waals surface area contributed by atoms with Gasteiger partial charge in [-0.2, -0.15) is 0 Å². The molecule has 1 heterocycles. The Labute approximate surface area is 176 Å². The quantitative estimate of drug-likeness (QED) is 0.569. The molecule has 2 aromatic rings. The van der Waals surface area contributed by atoms with Crippen LogP contribution in [0.25, 0.3) is 0 Å². The number of para-hydroxylation sites is 1. The Morgan fingerprint density at radius 3 is 2.65 bits per heavy atom. The predicted octanol–water partition coefficient (Wildman–Crippen LogP) is 3.61. The second kappa shape index (κ2) is 7.88. The van der Waals surface area contributed by atoms with Gasteiger partial charge in [-0.15, -0.1) is 13.2 Å². The van der Waals surface area contributed by atoms with Crippen molar-refractivity contribution in [2.24, 2.45) is 5.41 Å². The molecule has 0 unspecified atom stereocenters. The first-order valence-electron chi connectivity index (χ1n) is 9.91. The summed E-state index contributed by atoms with van der Waals surface area (Å²) >= 11 is 0. The van der Waals surface area contributed by atoms with Gasteiger partial charge in [0.05, 0.1) is 12.0 Å². The van der Waals surface area contributed by atoms with Crippen molar-refractivity contribution in [3.05, 3.63) is 64.7 Å². The molecule has 2 aliphatic rings. The van der Waals surface area contributed by atoms with Crippen molar-refractivity contribution in [1.82, 2.24) is 10.4 Å². The lowest BCUT2D eigenvalue weighted by molar-refractivity contribution is -0.275. The fourth-order valence-corrected chi connectivity index (χ4v) is 4.36. The van der Waals surface area contributed by atoms with Crippen LogP contribution in [0.4, 0.5) is 13.2 Å². The number of carbonyl (C=O) groups is 2. The minimum Gasteiger partial charge on any atom is -0.405 e. The fraction of sp³-hybridized carbons (Fsp3) is 0.364. The van der Waals surface area contributed by atoms with E-state index in [-0.39, 0.29) is 22.4 Å². The highest BCUT2D eigenvalue weighted by Crippen LogP contribution is 2.41. The second-order valence-corrected chi connectivity index (χ2v) is 7.96. The summed E-state index contributed by atoms with van der Waals surface area (Å²) < 4.78 is 41.7. The Kier molecular flexibility index (Phi) is 5.38. The monoisotopic (exact) mass is 434 g/mol. The summed E-state index contributed by atoms with van der Waals surface area (Å²) in [6.45, 7) is 0.204. The number of hydrogen-bond acceptors (Lipinski definition) is 4. The second-order valence-electron chi connectivity index (χ2n) is 7.96. The molecule has 2 amide bonds. The van der Waals surface area contributed by atoms with Crippen molar-refractivity contribution in [3.8, 4) is 5.75 Å². The fourth-order valence-electron chi connectivity index (χ4n) is 4.36. The zero-order valence-corrected chi connectivity index (χ0v) is 16.5. The van der Waals surface area contributed by atoms with Crippen molar-refractivity contribution >= 4 is 11.8 Å². The molecule has 0 aromatic heterocycles. The molecule has 1 aliphatic carbocycles. The number of amides is 2. The third-order valence-corrected chi connectivity index (χ3v) is 5.98. The van der Waals surface area contributed by atoms with Crippen LogP contribution in [0, 0.1) is 5.41 Å². The maximum absolute atomic E-state index is 12.7. The summed E-state index contributed by atoms with van der Waals surface area (Å²) in [5.74, 6) is -1.14. The minimum absolute atomic E-state index is 0.0165. The summed E-state index contributed by atoms with van der Waals surface area (Å²) in [5.41, 5.74) is 1.78. The highest BCUT2D eigenvalue weighted by molar-refractivity contribution is 5.94. The Bertz CT molecular complexity index is 1020. The van der Waals surface area contributed by atoms with Gasteiger partial charge < -0.3 is 10.1 Å². The van der Waals surface area contributed by atoms with E-state index >= 15 is 0 Å². The highest BCUT2D eigenvalue weighted by atomic mass is 19.4. The Morgan fingerprint density at radius 2 is 1.94 bits per heavy atom. The molecule has 4 rings (SSSR count). The number of fused-ring (bicyclic) bond motifs is 1. The third kappa shape index (κ3) is 4.36. The summed E-state index contributed by atoms with van der Waals surface area (Å²) in [6.07, 6.45) is -2.16. The van der Waals surface area contributed by atoms with Crippen LogP contribution in [-0.4, -0.2) is 35.0 Å². The first kappa shape index (κ1) is 21.2. The Morgan fingerprint density at radius 1 is 1.16 bits per heavy atom. The molecule has 1 fully saturated rings. The normalized spacial score (nSPS) is 20.3. The van der Waals surface area contributed by atoms with E-state index in [0.29, 0.717) is 30.9 Å². The van der Waals surface area contributed by atoms with Gasteiger partial charge in [-0.3, -0.25) is 14.8 Å². The Hall–Kier alpha value is -3.07. The van der Waals surface area contributed by atoms with Crippen LogP contribution in [0.15, 0.2) is 42.5 Å². The van der Waals surface area contributed by atoms with Crippen LogP contribution in [0.5, 0.6) is 5.75 Å². The molecule has 1 atom stereocenters. The Balaban J connectivity index is 1.49. The van der Waals surface area contributed by atoms with Crippen LogP contribution in [0.2, 0.25) is 0 Å². The molecule has 164 valence electrons. The van der Waals surface area contributed by atoms with Crippen LogP contribution in [-0.2, 0) is 24.2 Å². The number of hydrogen-bond donors (Lipinski definition) is 2. The standard InChI is InChI=1S/C22H21F3N2O4/c23-22(24,25)31-18-4-2-1-3-17(18)13-27(30)19(28)15-5-6-16-12-21(8-7-14(16)11-15)9-10-26-20(21)29/h1-6,11,30H,7-10,12-13H2,(H,26,29)/t21-/m0/s1. The highest BCUT2D eigenvalue weighted by Gasteiger charge is 2.44. The predicted molar refractivity (Wildman–Crippen MR) is 103 cm³/mol. The van der Waals surface area contributed by atoms with Gasteiger partial charge in [0.25, 0.3) is 5.91 Å². The van der Waals surface area contributed by atoms with E-state index in [1.807, 2.05) is 0 Å². The number of nitrogens with zero attached hydrogens (tertiary/aromatic N) is 1. The van der Waals surface area contributed by atoms with Gasteiger partial charge in [0.15, 0.2) is 0 Å². The summed E-state index contributed by atoms with van der Waals surface area (Å²) in [6, 6.07) is 10.3. The molecular formula is C22H21F3N2O4. The van der Waals surface area contributed by atoms with Crippen LogP contribution in [0.3, 0.4) is 0 Å². The lowest BCUT2D eigenvalue weighted by Gasteiger charge is -2.32. The number of hydroxylamine groups is 2. The van der Waals surface area contributed by atoms with E-state index in [0.717, 1.165) is 23.6 Å².